The van der Waals surface area contributed by atoms with Crippen LogP contribution in [0, 0.1) is 0 Å². The van der Waals surface area contributed by atoms with Gasteiger partial charge in [0, 0.05) is 52.1 Å². The molecule has 0 radical (unpaired) electrons. The van der Waals surface area contributed by atoms with Crippen molar-refractivity contribution in [1.82, 2.24) is 14.9 Å². The van der Waals surface area contributed by atoms with Gasteiger partial charge < -0.3 is 24.2 Å². The number of aromatic nitrogens is 2. The Bertz CT molecular complexity index is 594. The molecule has 0 aliphatic carbocycles. The lowest BCUT2D eigenvalue weighted by Crippen LogP contribution is -2.51. The molecule has 1 amide bonds. The number of rotatable bonds is 3. The molecule has 4 heterocycles. The highest BCUT2D eigenvalue weighted by molar-refractivity contribution is 5.81. The Hall–Kier alpha value is -1.93. The van der Waals surface area contributed by atoms with E-state index in [1.807, 2.05) is 17.2 Å². The van der Waals surface area contributed by atoms with Crippen molar-refractivity contribution < 1.29 is 14.3 Å². The second-order valence-electron chi connectivity index (χ2n) is 6.63. The third-order valence-electron chi connectivity index (χ3n) is 5.04. The Labute approximate surface area is 147 Å². The second-order valence-corrected chi connectivity index (χ2v) is 6.63. The molecular formula is C17H25N5O3. The molecule has 3 fully saturated rings. The molecule has 4 rings (SSSR count). The molecule has 8 heteroatoms. The number of nitrogens with zero attached hydrogens (tertiary/aromatic N) is 5. The number of anilines is 2. The first-order valence-electron chi connectivity index (χ1n) is 9.12. The van der Waals surface area contributed by atoms with Crippen LogP contribution in [0.1, 0.15) is 12.8 Å². The van der Waals surface area contributed by atoms with E-state index in [-0.39, 0.29) is 12.0 Å². The van der Waals surface area contributed by atoms with Gasteiger partial charge in [-0.15, -0.1) is 0 Å². The number of amides is 1. The molecule has 1 aromatic heterocycles. The molecular weight excluding hydrogens is 322 g/mol. The van der Waals surface area contributed by atoms with E-state index in [0.717, 1.165) is 77.1 Å². The van der Waals surface area contributed by atoms with Crippen LogP contribution in [0.4, 0.5) is 11.8 Å². The van der Waals surface area contributed by atoms with Gasteiger partial charge in [-0.25, -0.2) is 4.98 Å². The first kappa shape index (κ1) is 16.5. The molecule has 25 heavy (non-hydrogen) atoms. The molecule has 0 unspecified atom stereocenters. The zero-order valence-corrected chi connectivity index (χ0v) is 14.5. The summed E-state index contributed by atoms with van der Waals surface area (Å²) in [6.45, 7) is 6.82. The Morgan fingerprint density at radius 2 is 1.84 bits per heavy atom. The van der Waals surface area contributed by atoms with Crippen molar-refractivity contribution in [3.63, 3.8) is 0 Å². The molecule has 136 valence electrons. The predicted octanol–water partition coefficient (Wildman–Crippen LogP) is 0.141. The van der Waals surface area contributed by atoms with E-state index in [4.69, 9.17) is 14.5 Å². The normalized spacial score (nSPS) is 24.6. The lowest BCUT2D eigenvalue weighted by Gasteiger charge is -2.36. The number of carbonyl (C=O) groups excluding carboxylic acids is 1. The van der Waals surface area contributed by atoms with Gasteiger partial charge in [-0.3, -0.25) is 4.79 Å². The molecule has 0 spiro atoms. The van der Waals surface area contributed by atoms with Crippen molar-refractivity contribution in [1.29, 1.82) is 0 Å². The molecule has 3 aliphatic heterocycles. The standard InChI is InChI=1S/C17H25N5O3/c23-16(14-2-1-11-25-14)21-7-5-20(6-8-21)15-3-4-18-17(19-15)22-9-12-24-13-10-22/h3-4,14H,1-2,5-13H2/t14-/m1/s1. The molecule has 0 aromatic carbocycles. The van der Waals surface area contributed by atoms with Crippen molar-refractivity contribution in [3.05, 3.63) is 12.3 Å². The van der Waals surface area contributed by atoms with Gasteiger partial charge in [0.05, 0.1) is 13.2 Å². The lowest BCUT2D eigenvalue weighted by molar-refractivity contribution is -0.141. The Morgan fingerprint density at radius 3 is 2.56 bits per heavy atom. The SMILES string of the molecule is O=C([C@H]1CCCO1)N1CCN(c2ccnc(N3CCOCC3)n2)CC1. The van der Waals surface area contributed by atoms with Crippen LogP contribution in [0.15, 0.2) is 12.3 Å². The summed E-state index contributed by atoms with van der Waals surface area (Å²) in [5.74, 6) is 1.84. The number of piperazine rings is 1. The minimum absolute atomic E-state index is 0.147. The van der Waals surface area contributed by atoms with Crippen molar-refractivity contribution in [3.8, 4) is 0 Å². The van der Waals surface area contributed by atoms with Gasteiger partial charge in [-0.1, -0.05) is 0 Å². The number of carbonyl (C=O) groups is 1. The first-order chi connectivity index (χ1) is 12.3. The molecule has 3 saturated heterocycles. The van der Waals surface area contributed by atoms with E-state index in [1.165, 1.54) is 0 Å². The summed E-state index contributed by atoms with van der Waals surface area (Å²) in [5.41, 5.74) is 0. The van der Waals surface area contributed by atoms with Gasteiger partial charge in [0.1, 0.15) is 11.9 Å². The fourth-order valence-electron chi connectivity index (χ4n) is 3.56. The average molecular weight is 347 g/mol. The minimum Gasteiger partial charge on any atom is -0.378 e. The molecule has 0 saturated carbocycles. The molecule has 0 bridgehead atoms. The summed E-state index contributed by atoms with van der Waals surface area (Å²) in [6, 6.07) is 1.95. The highest BCUT2D eigenvalue weighted by Crippen LogP contribution is 2.20. The first-order valence-corrected chi connectivity index (χ1v) is 9.12. The van der Waals surface area contributed by atoms with E-state index in [9.17, 15) is 4.79 Å². The molecule has 3 aliphatic rings. The van der Waals surface area contributed by atoms with Gasteiger partial charge in [0.2, 0.25) is 5.95 Å². The average Bonchev–Trinajstić information content (AvgIpc) is 3.23. The van der Waals surface area contributed by atoms with E-state index in [0.29, 0.717) is 6.61 Å². The zero-order chi connectivity index (χ0) is 17.1. The van der Waals surface area contributed by atoms with Crippen LogP contribution >= 0.6 is 0 Å². The van der Waals surface area contributed by atoms with Gasteiger partial charge in [0.15, 0.2) is 0 Å². The van der Waals surface area contributed by atoms with Crippen molar-refractivity contribution in [2.75, 3.05) is 68.9 Å². The summed E-state index contributed by atoms with van der Waals surface area (Å²) in [7, 11) is 0. The predicted molar refractivity (Wildman–Crippen MR) is 92.8 cm³/mol. The maximum absolute atomic E-state index is 12.4. The zero-order valence-electron chi connectivity index (χ0n) is 14.5. The largest absolute Gasteiger partial charge is 0.378 e. The highest BCUT2D eigenvalue weighted by Gasteiger charge is 2.30. The fraction of sp³-hybridized carbons (Fsp3) is 0.706. The number of hydrogen-bond acceptors (Lipinski definition) is 7. The summed E-state index contributed by atoms with van der Waals surface area (Å²) >= 11 is 0. The highest BCUT2D eigenvalue weighted by atomic mass is 16.5. The summed E-state index contributed by atoms with van der Waals surface area (Å²) in [5, 5.41) is 0. The molecule has 0 N–H and O–H groups in total. The van der Waals surface area contributed by atoms with E-state index in [2.05, 4.69) is 14.8 Å². The van der Waals surface area contributed by atoms with Crippen LogP contribution in [0.25, 0.3) is 0 Å². The van der Waals surface area contributed by atoms with E-state index < -0.39 is 0 Å². The van der Waals surface area contributed by atoms with Gasteiger partial charge in [-0.05, 0) is 18.9 Å². The molecule has 8 nitrogen and oxygen atoms in total. The summed E-state index contributed by atoms with van der Waals surface area (Å²) in [6.07, 6.45) is 3.44. The smallest absolute Gasteiger partial charge is 0.251 e. The third-order valence-corrected chi connectivity index (χ3v) is 5.04. The van der Waals surface area contributed by atoms with Crippen LogP contribution in [0.3, 0.4) is 0 Å². The van der Waals surface area contributed by atoms with E-state index >= 15 is 0 Å². The topological polar surface area (TPSA) is 71.0 Å². The van der Waals surface area contributed by atoms with Gasteiger partial charge >= 0.3 is 0 Å². The van der Waals surface area contributed by atoms with Crippen LogP contribution in [-0.2, 0) is 14.3 Å². The third kappa shape index (κ3) is 3.69. The molecule has 1 atom stereocenters. The van der Waals surface area contributed by atoms with Crippen LogP contribution in [0.5, 0.6) is 0 Å². The number of morpholine rings is 1. The Balaban J connectivity index is 1.36. The Morgan fingerprint density at radius 1 is 1.04 bits per heavy atom. The van der Waals surface area contributed by atoms with Gasteiger partial charge in [-0.2, -0.15) is 4.98 Å². The van der Waals surface area contributed by atoms with Crippen LogP contribution in [0.2, 0.25) is 0 Å². The maximum atomic E-state index is 12.4. The van der Waals surface area contributed by atoms with Crippen LogP contribution < -0.4 is 9.80 Å². The quantitative estimate of drug-likeness (QED) is 0.770. The van der Waals surface area contributed by atoms with Crippen LogP contribution in [-0.4, -0.2) is 86.0 Å². The second kappa shape index (κ2) is 7.53. The number of hydrogen-bond donors (Lipinski definition) is 0. The fourth-order valence-corrected chi connectivity index (χ4v) is 3.56. The molecule has 1 aromatic rings. The van der Waals surface area contributed by atoms with E-state index in [1.54, 1.807) is 0 Å². The summed E-state index contributed by atoms with van der Waals surface area (Å²) < 4.78 is 10.9. The lowest BCUT2D eigenvalue weighted by atomic mass is 10.2. The monoisotopic (exact) mass is 347 g/mol. The minimum atomic E-state index is -0.224. The maximum Gasteiger partial charge on any atom is 0.251 e. The van der Waals surface area contributed by atoms with Crippen molar-refractivity contribution in [2.24, 2.45) is 0 Å². The van der Waals surface area contributed by atoms with Crippen molar-refractivity contribution >= 4 is 17.7 Å². The number of ether oxygens (including phenoxy) is 2. The summed E-state index contributed by atoms with van der Waals surface area (Å²) in [4.78, 5) is 27.9. The Kier molecular flexibility index (Phi) is 4.98. The van der Waals surface area contributed by atoms with Gasteiger partial charge in [0.25, 0.3) is 5.91 Å². The van der Waals surface area contributed by atoms with Crippen molar-refractivity contribution in [2.45, 2.75) is 18.9 Å².